The van der Waals surface area contributed by atoms with Gasteiger partial charge in [0, 0.05) is 17.9 Å². The van der Waals surface area contributed by atoms with Crippen LogP contribution in [-0.4, -0.2) is 4.92 Å². The summed E-state index contributed by atoms with van der Waals surface area (Å²) < 4.78 is 0. The van der Waals surface area contributed by atoms with E-state index in [9.17, 15) is 10.1 Å². The molecule has 4 heteroatoms. The van der Waals surface area contributed by atoms with Crippen molar-refractivity contribution in [2.24, 2.45) is 0 Å². The highest BCUT2D eigenvalue weighted by atomic mass is 16.6. The second-order valence-corrected chi connectivity index (χ2v) is 6.56. The molecule has 0 saturated carbocycles. The molecule has 0 bridgehead atoms. The fourth-order valence-electron chi connectivity index (χ4n) is 3.30. The fourth-order valence-corrected chi connectivity index (χ4v) is 3.30. The molecular weight excluding hydrogens is 324 g/mol. The Morgan fingerprint density at radius 2 is 1.31 bits per heavy atom. The van der Waals surface area contributed by atoms with Gasteiger partial charge in [-0.2, -0.15) is 0 Å². The van der Waals surface area contributed by atoms with Gasteiger partial charge in [-0.05, 0) is 22.3 Å². The molecule has 26 heavy (non-hydrogen) atoms. The minimum atomic E-state index is -0.391. The first-order chi connectivity index (χ1) is 12.5. The van der Waals surface area contributed by atoms with Gasteiger partial charge in [-0.25, -0.2) is 0 Å². The lowest BCUT2D eigenvalue weighted by Gasteiger charge is -2.19. The number of anilines is 1. The smallest absolute Gasteiger partial charge is 0.292 e. The van der Waals surface area contributed by atoms with Gasteiger partial charge in [0.15, 0.2) is 0 Å². The average Bonchev–Trinajstić information content (AvgIpc) is 2.68. The van der Waals surface area contributed by atoms with Crippen molar-refractivity contribution >= 4 is 11.4 Å². The quantitative estimate of drug-likeness (QED) is 0.378. The number of nitrogen functional groups attached to an aromatic ring is 1. The van der Waals surface area contributed by atoms with Crippen molar-refractivity contribution in [2.45, 2.75) is 25.7 Å². The summed E-state index contributed by atoms with van der Waals surface area (Å²) in [6.07, 6.45) is 0. The van der Waals surface area contributed by atoms with Gasteiger partial charge in [-0.15, -0.1) is 0 Å². The molecule has 0 spiro atoms. The molecule has 2 atom stereocenters. The van der Waals surface area contributed by atoms with Crippen LogP contribution in [0.4, 0.5) is 11.4 Å². The number of nitrogens with two attached hydrogens (primary N) is 1. The number of nitrogens with zero attached hydrogens (tertiary/aromatic N) is 1. The Kier molecular flexibility index (Phi) is 5.03. The number of nitro groups is 1. The predicted octanol–water partition coefficient (Wildman–Crippen LogP) is 5.48. The van der Waals surface area contributed by atoms with Gasteiger partial charge in [0.05, 0.1) is 4.92 Å². The van der Waals surface area contributed by atoms with Crippen LogP contribution in [0.15, 0.2) is 72.8 Å². The second kappa shape index (κ2) is 7.40. The Morgan fingerprint density at radius 1 is 0.808 bits per heavy atom. The Hall–Kier alpha value is -3.14. The molecular formula is C22H22N2O2. The van der Waals surface area contributed by atoms with Crippen LogP contribution in [0.5, 0.6) is 0 Å². The number of hydrogen-bond donors (Lipinski definition) is 1. The first-order valence-electron chi connectivity index (χ1n) is 8.66. The van der Waals surface area contributed by atoms with Gasteiger partial charge in [0.25, 0.3) is 5.69 Å². The van der Waals surface area contributed by atoms with E-state index in [1.807, 2.05) is 73.7 Å². The lowest BCUT2D eigenvalue weighted by molar-refractivity contribution is -0.384. The summed E-state index contributed by atoms with van der Waals surface area (Å²) in [6, 6.07) is 23.5. The minimum absolute atomic E-state index is 0.0249. The van der Waals surface area contributed by atoms with Gasteiger partial charge >= 0.3 is 0 Å². The van der Waals surface area contributed by atoms with Crippen molar-refractivity contribution in [1.29, 1.82) is 0 Å². The number of benzene rings is 3. The zero-order valence-corrected chi connectivity index (χ0v) is 14.9. The van der Waals surface area contributed by atoms with E-state index in [1.54, 1.807) is 6.07 Å². The topological polar surface area (TPSA) is 69.2 Å². The molecule has 4 nitrogen and oxygen atoms in total. The fraction of sp³-hybridized carbons (Fsp3) is 0.182. The lowest BCUT2D eigenvalue weighted by Crippen LogP contribution is -2.07. The van der Waals surface area contributed by atoms with Gasteiger partial charge in [-0.3, -0.25) is 10.1 Å². The first-order valence-corrected chi connectivity index (χ1v) is 8.66. The average molecular weight is 346 g/mol. The number of hydrogen-bond acceptors (Lipinski definition) is 3. The third kappa shape index (κ3) is 3.45. The zero-order valence-electron chi connectivity index (χ0n) is 14.9. The molecule has 0 amide bonds. The molecule has 0 aliphatic rings. The molecule has 2 N–H and O–H groups in total. The Labute approximate surface area is 153 Å². The summed E-state index contributed by atoms with van der Waals surface area (Å²) in [5, 5.41) is 11.6. The molecule has 0 radical (unpaired) electrons. The highest BCUT2D eigenvalue weighted by Gasteiger charge is 2.23. The molecule has 3 aromatic rings. The Morgan fingerprint density at radius 3 is 1.81 bits per heavy atom. The van der Waals surface area contributed by atoms with Crippen molar-refractivity contribution in [3.8, 4) is 0 Å². The van der Waals surface area contributed by atoms with Crippen molar-refractivity contribution in [1.82, 2.24) is 0 Å². The Bertz CT molecular complexity index is 908. The van der Waals surface area contributed by atoms with Gasteiger partial charge in [-0.1, -0.05) is 80.6 Å². The number of nitro benzene ring substituents is 1. The van der Waals surface area contributed by atoms with E-state index >= 15 is 0 Å². The molecule has 0 saturated heterocycles. The summed E-state index contributed by atoms with van der Waals surface area (Å²) in [4.78, 5) is 11.2. The standard InChI is InChI=1S/C22H22N2O2/c1-15(17-9-5-3-6-10-17)19-13-20(22(23)21(14-19)24(25)26)16(2)18-11-7-4-8-12-18/h3-16H,23H2,1-2H3. The molecule has 132 valence electrons. The molecule has 0 aliphatic heterocycles. The minimum Gasteiger partial charge on any atom is -0.393 e. The predicted molar refractivity (Wildman–Crippen MR) is 105 cm³/mol. The zero-order chi connectivity index (χ0) is 18.7. The van der Waals surface area contributed by atoms with Crippen LogP contribution in [0.3, 0.4) is 0 Å². The molecule has 3 aromatic carbocycles. The molecule has 0 fully saturated rings. The van der Waals surface area contributed by atoms with Crippen LogP contribution >= 0.6 is 0 Å². The summed E-state index contributed by atoms with van der Waals surface area (Å²) in [5.41, 5.74) is 10.3. The van der Waals surface area contributed by atoms with Crippen molar-refractivity contribution in [3.05, 3.63) is 105 Å². The first kappa shape index (κ1) is 17.7. The normalized spacial score (nSPS) is 13.2. The molecule has 0 heterocycles. The maximum Gasteiger partial charge on any atom is 0.292 e. The third-order valence-corrected chi connectivity index (χ3v) is 4.97. The van der Waals surface area contributed by atoms with Gasteiger partial charge in [0.1, 0.15) is 5.69 Å². The highest BCUT2D eigenvalue weighted by molar-refractivity contribution is 5.67. The SMILES string of the molecule is CC(c1ccccc1)c1cc(C(C)c2ccccc2)c(N)c([N+](=O)[O-])c1. The van der Waals surface area contributed by atoms with E-state index in [2.05, 4.69) is 6.92 Å². The van der Waals surface area contributed by atoms with Crippen LogP contribution in [0.1, 0.15) is 47.9 Å². The van der Waals surface area contributed by atoms with E-state index in [1.165, 1.54) is 0 Å². The van der Waals surface area contributed by atoms with E-state index < -0.39 is 4.92 Å². The summed E-state index contributed by atoms with van der Waals surface area (Å²) in [5.74, 6) is 0.00930. The monoisotopic (exact) mass is 346 g/mol. The maximum atomic E-state index is 11.6. The van der Waals surface area contributed by atoms with Crippen LogP contribution in [0.25, 0.3) is 0 Å². The largest absolute Gasteiger partial charge is 0.393 e. The van der Waals surface area contributed by atoms with Gasteiger partial charge < -0.3 is 5.73 Å². The number of rotatable bonds is 5. The second-order valence-electron chi connectivity index (χ2n) is 6.56. The van der Waals surface area contributed by atoms with E-state index in [0.29, 0.717) is 0 Å². The van der Waals surface area contributed by atoms with Crippen LogP contribution < -0.4 is 5.73 Å². The lowest BCUT2D eigenvalue weighted by atomic mass is 9.86. The van der Waals surface area contributed by atoms with Crippen LogP contribution in [0.2, 0.25) is 0 Å². The van der Waals surface area contributed by atoms with Crippen molar-refractivity contribution < 1.29 is 4.92 Å². The van der Waals surface area contributed by atoms with E-state index in [4.69, 9.17) is 5.73 Å². The van der Waals surface area contributed by atoms with Crippen LogP contribution in [-0.2, 0) is 0 Å². The molecule has 0 aliphatic carbocycles. The highest BCUT2D eigenvalue weighted by Crippen LogP contribution is 2.38. The Balaban J connectivity index is 2.12. The van der Waals surface area contributed by atoms with Crippen molar-refractivity contribution in [2.75, 3.05) is 5.73 Å². The van der Waals surface area contributed by atoms with E-state index in [-0.39, 0.29) is 23.2 Å². The summed E-state index contributed by atoms with van der Waals surface area (Å²) in [6.45, 7) is 4.09. The third-order valence-electron chi connectivity index (χ3n) is 4.97. The van der Waals surface area contributed by atoms with E-state index in [0.717, 1.165) is 22.3 Å². The van der Waals surface area contributed by atoms with Gasteiger partial charge in [0.2, 0.25) is 0 Å². The summed E-state index contributed by atoms with van der Waals surface area (Å²) in [7, 11) is 0. The molecule has 2 unspecified atom stereocenters. The molecule has 0 aromatic heterocycles. The maximum absolute atomic E-state index is 11.6. The summed E-state index contributed by atoms with van der Waals surface area (Å²) >= 11 is 0. The van der Waals surface area contributed by atoms with Crippen LogP contribution in [0, 0.1) is 10.1 Å². The van der Waals surface area contributed by atoms with Crippen molar-refractivity contribution in [3.63, 3.8) is 0 Å². The molecule has 3 rings (SSSR count).